The van der Waals surface area contributed by atoms with E-state index < -0.39 is 0 Å². The van der Waals surface area contributed by atoms with Crippen molar-refractivity contribution in [3.05, 3.63) is 17.0 Å². The largest absolute Gasteiger partial charge is 0.379 e. The van der Waals surface area contributed by atoms with Gasteiger partial charge >= 0.3 is 0 Å². The van der Waals surface area contributed by atoms with Crippen molar-refractivity contribution in [2.24, 2.45) is 5.73 Å². The van der Waals surface area contributed by atoms with Gasteiger partial charge in [-0.3, -0.25) is 4.68 Å². The fourth-order valence-corrected chi connectivity index (χ4v) is 2.17. The molecule has 0 amide bonds. The summed E-state index contributed by atoms with van der Waals surface area (Å²) in [5, 5.41) is 4.69. The van der Waals surface area contributed by atoms with Crippen LogP contribution < -0.4 is 5.73 Å². The summed E-state index contributed by atoms with van der Waals surface area (Å²) in [6.45, 7) is 9.97. The molecule has 4 heteroatoms. The van der Waals surface area contributed by atoms with Crippen molar-refractivity contribution < 1.29 is 4.74 Å². The summed E-state index contributed by atoms with van der Waals surface area (Å²) in [5.74, 6) is 0. The lowest BCUT2D eigenvalue weighted by atomic mass is 10.1. The van der Waals surface area contributed by atoms with Crippen molar-refractivity contribution in [2.45, 2.75) is 65.6 Å². The van der Waals surface area contributed by atoms with E-state index in [0.29, 0.717) is 6.54 Å². The van der Waals surface area contributed by atoms with Crippen molar-refractivity contribution in [1.29, 1.82) is 0 Å². The summed E-state index contributed by atoms with van der Waals surface area (Å²) >= 11 is 0. The van der Waals surface area contributed by atoms with Gasteiger partial charge in [0.05, 0.1) is 11.3 Å². The summed E-state index contributed by atoms with van der Waals surface area (Å²) in [6, 6.07) is 0. The summed E-state index contributed by atoms with van der Waals surface area (Å²) in [4.78, 5) is 0. The summed E-state index contributed by atoms with van der Waals surface area (Å²) in [5.41, 5.74) is 9.39. The molecule has 0 saturated heterocycles. The van der Waals surface area contributed by atoms with E-state index in [2.05, 4.69) is 37.5 Å². The molecule has 2 N–H and O–H groups in total. The average molecular weight is 253 g/mol. The minimum absolute atomic E-state index is 0.105. The molecular formula is C14H27N3O. The minimum atomic E-state index is -0.105. The van der Waals surface area contributed by atoms with Crippen LogP contribution in [0.4, 0.5) is 0 Å². The van der Waals surface area contributed by atoms with E-state index in [-0.39, 0.29) is 5.60 Å². The molecule has 0 aliphatic carbocycles. The maximum atomic E-state index is 5.85. The molecule has 0 bridgehead atoms. The third kappa shape index (κ3) is 3.33. The number of aryl methyl sites for hydroxylation is 2. The number of nitrogens with two attached hydrogens (primary N) is 1. The van der Waals surface area contributed by atoms with Crippen molar-refractivity contribution in [3.63, 3.8) is 0 Å². The van der Waals surface area contributed by atoms with Crippen molar-refractivity contribution in [3.8, 4) is 0 Å². The van der Waals surface area contributed by atoms with Gasteiger partial charge in [0.1, 0.15) is 0 Å². The first-order valence-electron chi connectivity index (χ1n) is 6.81. The lowest BCUT2D eigenvalue weighted by Crippen LogP contribution is -2.25. The quantitative estimate of drug-likeness (QED) is 0.811. The van der Waals surface area contributed by atoms with Gasteiger partial charge in [0.2, 0.25) is 0 Å². The normalized spacial score (nSPS) is 12.1. The molecule has 0 unspecified atom stereocenters. The Morgan fingerprint density at radius 2 is 1.94 bits per heavy atom. The molecule has 0 saturated carbocycles. The van der Waals surface area contributed by atoms with E-state index in [1.165, 1.54) is 11.3 Å². The first-order chi connectivity index (χ1) is 8.49. The molecule has 1 rings (SSSR count). The van der Waals surface area contributed by atoms with Crippen LogP contribution in [-0.2, 0) is 30.7 Å². The first-order valence-corrected chi connectivity index (χ1v) is 6.81. The van der Waals surface area contributed by atoms with Gasteiger partial charge in [-0.1, -0.05) is 13.8 Å². The van der Waals surface area contributed by atoms with Gasteiger partial charge in [-0.2, -0.15) is 5.10 Å². The van der Waals surface area contributed by atoms with Crippen LogP contribution in [0.25, 0.3) is 0 Å². The van der Waals surface area contributed by atoms with Gasteiger partial charge in [-0.25, -0.2) is 0 Å². The highest BCUT2D eigenvalue weighted by molar-refractivity contribution is 5.26. The van der Waals surface area contributed by atoms with E-state index in [0.717, 1.165) is 31.5 Å². The Labute approximate surface area is 111 Å². The van der Waals surface area contributed by atoms with Crippen LogP contribution in [0.2, 0.25) is 0 Å². The third-order valence-corrected chi connectivity index (χ3v) is 3.60. The summed E-state index contributed by atoms with van der Waals surface area (Å²) in [6.07, 6.45) is 2.87. The Hall–Kier alpha value is -0.870. The molecule has 1 heterocycles. The van der Waals surface area contributed by atoms with Gasteiger partial charge in [0.25, 0.3) is 0 Å². The maximum absolute atomic E-state index is 5.85. The van der Waals surface area contributed by atoms with Crippen LogP contribution in [0.5, 0.6) is 0 Å². The molecule has 18 heavy (non-hydrogen) atoms. The van der Waals surface area contributed by atoms with Gasteiger partial charge in [0, 0.05) is 31.5 Å². The molecule has 104 valence electrons. The highest BCUT2D eigenvalue weighted by Crippen LogP contribution is 2.19. The molecular weight excluding hydrogens is 226 g/mol. The van der Waals surface area contributed by atoms with Crippen LogP contribution in [0.15, 0.2) is 0 Å². The second kappa shape index (κ2) is 6.34. The van der Waals surface area contributed by atoms with Crippen LogP contribution >= 0.6 is 0 Å². The van der Waals surface area contributed by atoms with E-state index in [4.69, 9.17) is 10.5 Å². The average Bonchev–Trinajstić information content (AvgIpc) is 2.73. The highest BCUT2D eigenvalue weighted by atomic mass is 16.5. The molecule has 1 aromatic heterocycles. The van der Waals surface area contributed by atoms with Gasteiger partial charge in [0.15, 0.2) is 0 Å². The molecule has 0 radical (unpaired) electrons. The van der Waals surface area contributed by atoms with Crippen LogP contribution in [0.1, 0.15) is 51.1 Å². The van der Waals surface area contributed by atoms with E-state index in [1.807, 2.05) is 0 Å². The lowest BCUT2D eigenvalue weighted by molar-refractivity contribution is 0.0111. The summed E-state index contributed by atoms with van der Waals surface area (Å²) < 4.78 is 7.57. The second-order valence-electron chi connectivity index (χ2n) is 5.22. The number of methoxy groups -OCH3 is 1. The zero-order chi connectivity index (χ0) is 13.8. The van der Waals surface area contributed by atoms with Crippen LogP contribution in [0, 0.1) is 0 Å². The topological polar surface area (TPSA) is 53.1 Å². The lowest BCUT2D eigenvalue weighted by Gasteiger charge is -2.23. The number of hydrogen-bond donors (Lipinski definition) is 1. The van der Waals surface area contributed by atoms with E-state index >= 15 is 0 Å². The molecule has 0 spiro atoms. The molecule has 1 aromatic rings. The smallest absolute Gasteiger partial charge is 0.0669 e. The Morgan fingerprint density at radius 1 is 1.28 bits per heavy atom. The molecule has 0 fully saturated rings. The Morgan fingerprint density at radius 3 is 2.39 bits per heavy atom. The molecule has 0 aromatic carbocycles. The number of aromatic nitrogens is 2. The number of rotatable bonds is 7. The first kappa shape index (κ1) is 15.2. The fraction of sp³-hybridized carbons (Fsp3) is 0.786. The van der Waals surface area contributed by atoms with Gasteiger partial charge < -0.3 is 10.5 Å². The number of nitrogens with zero attached hydrogens (tertiary/aromatic N) is 2. The Kier molecular flexibility index (Phi) is 5.35. The summed E-state index contributed by atoms with van der Waals surface area (Å²) in [7, 11) is 1.76. The molecule has 0 aliphatic heterocycles. The fourth-order valence-electron chi connectivity index (χ4n) is 2.17. The minimum Gasteiger partial charge on any atom is -0.379 e. The standard InChI is InChI=1S/C14H27N3O/c1-6-12-11(10-15)13(7-2)17(16-12)9-8-14(3,4)18-5/h6-10,15H2,1-5H3. The SMILES string of the molecule is CCc1nn(CCC(C)(C)OC)c(CC)c1CN. The molecule has 4 nitrogen and oxygen atoms in total. The molecule has 0 atom stereocenters. The highest BCUT2D eigenvalue weighted by Gasteiger charge is 2.19. The number of hydrogen-bond acceptors (Lipinski definition) is 3. The predicted octanol–water partition coefficient (Wildman–Crippen LogP) is 2.28. The predicted molar refractivity (Wildman–Crippen MR) is 74.6 cm³/mol. The van der Waals surface area contributed by atoms with Crippen molar-refractivity contribution in [2.75, 3.05) is 7.11 Å². The van der Waals surface area contributed by atoms with Gasteiger partial charge in [-0.05, 0) is 33.1 Å². The molecule has 0 aliphatic rings. The van der Waals surface area contributed by atoms with Crippen molar-refractivity contribution in [1.82, 2.24) is 9.78 Å². The Balaban J connectivity index is 2.92. The third-order valence-electron chi connectivity index (χ3n) is 3.60. The van der Waals surface area contributed by atoms with E-state index in [1.54, 1.807) is 7.11 Å². The van der Waals surface area contributed by atoms with Gasteiger partial charge in [-0.15, -0.1) is 0 Å². The second-order valence-corrected chi connectivity index (χ2v) is 5.22. The van der Waals surface area contributed by atoms with Crippen LogP contribution in [0.3, 0.4) is 0 Å². The maximum Gasteiger partial charge on any atom is 0.0669 e. The number of ether oxygens (including phenoxy) is 1. The zero-order valence-corrected chi connectivity index (χ0v) is 12.4. The Bertz CT molecular complexity index is 383. The monoisotopic (exact) mass is 253 g/mol. The van der Waals surface area contributed by atoms with Crippen molar-refractivity contribution >= 4 is 0 Å². The van der Waals surface area contributed by atoms with E-state index in [9.17, 15) is 0 Å². The zero-order valence-electron chi connectivity index (χ0n) is 12.4. The van der Waals surface area contributed by atoms with Crippen LogP contribution in [-0.4, -0.2) is 22.5 Å².